The maximum Gasteiger partial charge on any atom is 0.00908 e. The summed E-state index contributed by atoms with van der Waals surface area (Å²) in [6.45, 7) is 7.20. The topological polar surface area (TPSA) is 0 Å². The van der Waals surface area contributed by atoms with E-state index in [4.69, 9.17) is 0 Å². The molecule has 0 aromatic rings. The van der Waals surface area contributed by atoms with Gasteiger partial charge in [-0.15, -0.1) is 0 Å². The van der Waals surface area contributed by atoms with Crippen molar-refractivity contribution in [1.29, 1.82) is 0 Å². The van der Waals surface area contributed by atoms with Crippen molar-refractivity contribution in [3.05, 3.63) is 0 Å². The highest BCUT2D eigenvalue weighted by atomic mass is 79.9. The lowest BCUT2D eigenvalue weighted by Crippen LogP contribution is -2.32. The van der Waals surface area contributed by atoms with Gasteiger partial charge in [0.2, 0.25) is 0 Å². The van der Waals surface area contributed by atoms with Crippen molar-refractivity contribution in [3.63, 3.8) is 0 Å². The van der Waals surface area contributed by atoms with E-state index in [1.807, 2.05) is 0 Å². The first-order valence-corrected chi connectivity index (χ1v) is 6.77. The molecule has 3 atom stereocenters. The summed E-state index contributed by atoms with van der Waals surface area (Å²) in [5, 5.41) is 1.23. The van der Waals surface area contributed by atoms with Crippen molar-refractivity contribution in [3.8, 4) is 0 Å². The van der Waals surface area contributed by atoms with E-state index < -0.39 is 0 Å². The number of hydrogen-bond acceptors (Lipinski definition) is 0. The average molecular weight is 245 g/mol. The first-order chi connectivity index (χ1) is 6.09. The van der Waals surface area contributed by atoms with Crippen LogP contribution in [0, 0.1) is 29.1 Å². The van der Waals surface area contributed by atoms with E-state index in [0.29, 0.717) is 5.41 Å². The molecule has 2 aliphatic carbocycles. The van der Waals surface area contributed by atoms with Gasteiger partial charge in [-0.3, -0.25) is 0 Å². The number of hydrogen-bond donors (Lipinski definition) is 0. The van der Waals surface area contributed by atoms with Crippen molar-refractivity contribution in [2.45, 2.75) is 40.0 Å². The molecule has 0 aromatic heterocycles. The third-order valence-electron chi connectivity index (χ3n) is 4.64. The van der Waals surface area contributed by atoms with Crippen LogP contribution >= 0.6 is 15.9 Å². The van der Waals surface area contributed by atoms with Gasteiger partial charge in [0, 0.05) is 5.33 Å². The second kappa shape index (κ2) is 3.25. The molecule has 0 amide bonds. The van der Waals surface area contributed by atoms with Crippen molar-refractivity contribution >= 4 is 15.9 Å². The SMILES string of the molecule is CC(C)C(C)C1(CBr)CC2CC2C1. The third kappa shape index (κ3) is 1.58. The second-order valence-electron chi connectivity index (χ2n) is 5.69. The van der Waals surface area contributed by atoms with E-state index in [2.05, 4.69) is 36.7 Å². The highest BCUT2D eigenvalue weighted by Gasteiger charge is 2.55. The third-order valence-corrected chi connectivity index (χ3v) is 5.76. The Bertz CT molecular complexity index is 187. The molecule has 0 bridgehead atoms. The van der Waals surface area contributed by atoms with Gasteiger partial charge in [0.25, 0.3) is 0 Å². The van der Waals surface area contributed by atoms with Gasteiger partial charge in [0.1, 0.15) is 0 Å². The molecule has 13 heavy (non-hydrogen) atoms. The van der Waals surface area contributed by atoms with E-state index in [9.17, 15) is 0 Å². The van der Waals surface area contributed by atoms with Crippen LogP contribution in [0.2, 0.25) is 0 Å². The van der Waals surface area contributed by atoms with Gasteiger partial charge in [-0.1, -0.05) is 36.7 Å². The van der Waals surface area contributed by atoms with Crippen molar-refractivity contribution < 1.29 is 0 Å². The lowest BCUT2D eigenvalue weighted by molar-refractivity contribution is 0.148. The molecule has 0 N–H and O–H groups in total. The predicted molar refractivity (Wildman–Crippen MR) is 61.1 cm³/mol. The lowest BCUT2D eigenvalue weighted by Gasteiger charge is -2.38. The fourth-order valence-corrected chi connectivity index (χ4v) is 4.22. The Hall–Kier alpha value is 0.480. The van der Waals surface area contributed by atoms with Gasteiger partial charge >= 0.3 is 0 Å². The Kier molecular flexibility index (Phi) is 2.51. The molecular weight excluding hydrogens is 224 g/mol. The molecule has 2 rings (SSSR count). The van der Waals surface area contributed by atoms with Gasteiger partial charge < -0.3 is 0 Å². The first-order valence-electron chi connectivity index (χ1n) is 5.65. The summed E-state index contributed by atoms with van der Waals surface area (Å²) >= 11 is 3.75. The standard InChI is InChI=1S/C12H21Br/c1-8(2)9(3)12(7-13)5-10-4-11(10)6-12/h8-11H,4-7H2,1-3H3. The summed E-state index contributed by atoms with van der Waals surface area (Å²) in [6.07, 6.45) is 4.55. The molecule has 0 heterocycles. The van der Waals surface area contributed by atoms with Crippen molar-refractivity contribution in [2.75, 3.05) is 5.33 Å². The van der Waals surface area contributed by atoms with Crippen LogP contribution in [0.5, 0.6) is 0 Å². The van der Waals surface area contributed by atoms with Crippen molar-refractivity contribution in [1.82, 2.24) is 0 Å². The summed E-state index contributed by atoms with van der Waals surface area (Å²) in [7, 11) is 0. The van der Waals surface area contributed by atoms with Crippen LogP contribution in [0.3, 0.4) is 0 Å². The molecule has 0 saturated heterocycles. The molecule has 0 aromatic carbocycles. The van der Waals surface area contributed by atoms with Crippen LogP contribution in [0.25, 0.3) is 0 Å². The Morgan fingerprint density at radius 2 is 1.77 bits per heavy atom. The van der Waals surface area contributed by atoms with Crippen LogP contribution in [0.1, 0.15) is 40.0 Å². The fraction of sp³-hybridized carbons (Fsp3) is 1.00. The Labute approximate surface area is 90.6 Å². The quantitative estimate of drug-likeness (QED) is 0.657. The average Bonchev–Trinajstić information content (AvgIpc) is 2.72. The van der Waals surface area contributed by atoms with Crippen molar-refractivity contribution in [2.24, 2.45) is 29.1 Å². The summed E-state index contributed by atoms with van der Waals surface area (Å²) in [5.74, 6) is 3.95. The molecule has 2 aliphatic rings. The molecule has 76 valence electrons. The summed E-state index contributed by atoms with van der Waals surface area (Å²) in [4.78, 5) is 0. The molecule has 2 saturated carbocycles. The fourth-order valence-electron chi connectivity index (χ4n) is 3.25. The number of fused-ring (bicyclic) bond motifs is 1. The summed E-state index contributed by atoms with van der Waals surface area (Å²) in [5.41, 5.74) is 0.655. The van der Waals surface area contributed by atoms with E-state index in [1.165, 1.54) is 18.2 Å². The molecule has 0 aliphatic heterocycles. The highest BCUT2D eigenvalue weighted by Crippen LogP contribution is 2.63. The summed E-state index contributed by atoms with van der Waals surface area (Å²) < 4.78 is 0. The molecule has 3 unspecified atom stereocenters. The van der Waals surface area contributed by atoms with Crippen LogP contribution in [-0.2, 0) is 0 Å². The molecular formula is C12H21Br. The summed E-state index contributed by atoms with van der Waals surface area (Å²) in [6, 6.07) is 0. The smallest absolute Gasteiger partial charge is 0.00908 e. The predicted octanol–water partition coefficient (Wildman–Crippen LogP) is 4.09. The Morgan fingerprint density at radius 1 is 1.23 bits per heavy atom. The number of halogens is 1. The maximum atomic E-state index is 3.75. The maximum absolute atomic E-state index is 3.75. The Balaban J connectivity index is 2.07. The second-order valence-corrected chi connectivity index (χ2v) is 6.25. The number of rotatable bonds is 3. The van der Waals surface area contributed by atoms with Gasteiger partial charge in [-0.25, -0.2) is 0 Å². The minimum atomic E-state index is 0.655. The number of alkyl halides is 1. The lowest BCUT2D eigenvalue weighted by atomic mass is 9.70. The van der Waals surface area contributed by atoms with Gasteiger partial charge in [-0.05, 0) is 48.3 Å². The van der Waals surface area contributed by atoms with E-state index >= 15 is 0 Å². The van der Waals surface area contributed by atoms with Crippen LogP contribution in [0.4, 0.5) is 0 Å². The molecule has 0 spiro atoms. The minimum absolute atomic E-state index is 0.655. The van der Waals surface area contributed by atoms with E-state index in [0.717, 1.165) is 23.7 Å². The van der Waals surface area contributed by atoms with Crippen LogP contribution < -0.4 is 0 Å². The molecule has 1 heteroatoms. The largest absolute Gasteiger partial charge is 0.0922 e. The first kappa shape index (κ1) is 10.0. The van der Waals surface area contributed by atoms with Gasteiger partial charge in [0.05, 0.1) is 0 Å². The van der Waals surface area contributed by atoms with Crippen LogP contribution in [0.15, 0.2) is 0 Å². The zero-order chi connectivity index (χ0) is 9.64. The normalized spacial score (nSPS) is 45.0. The van der Waals surface area contributed by atoms with E-state index in [1.54, 1.807) is 6.42 Å². The zero-order valence-electron chi connectivity index (χ0n) is 9.02. The molecule has 2 fully saturated rings. The highest BCUT2D eigenvalue weighted by molar-refractivity contribution is 9.09. The zero-order valence-corrected chi connectivity index (χ0v) is 10.6. The molecule has 0 nitrogen and oxygen atoms in total. The monoisotopic (exact) mass is 244 g/mol. The van der Waals surface area contributed by atoms with Gasteiger partial charge in [-0.2, -0.15) is 0 Å². The molecule has 0 radical (unpaired) electrons. The minimum Gasteiger partial charge on any atom is -0.0922 e. The van der Waals surface area contributed by atoms with Gasteiger partial charge in [0.15, 0.2) is 0 Å². The Morgan fingerprint density at radius 3 is 2.15 bits per heavy atom. The van der Waals surface area contributed by atoms with Crippen LogP contribution in [-0.4, -0.2) is 5.33 Å². The van der Waals surface area contributed by atoms with E-state index in [-0.39, 0.29) is 0 Å².